The van der Waals surface area contributed by atoms with Gasteiger partial charge in [-0.05, 0) is 55.9 Å². The molecule has 42 heavy (non-hydrogen) atoms. The van der Waals surface area contributed by atoms with Crippen molar-refractivity contribution in [2.45, 2.75) is 44.7 Å². The third kappa shape index (κ3) is 7.08. The van der Waals surface area contributed by atoms with Crippen molar-refractivity contribution in [3.8, 4) is 5.75 Å². The second-order valence-electron chi connectivity index (χ2n) is 11.0. The van der Waals surface area contributed by atoms with E-state index >= 15 is 0 Å². The first-order chi connectivity index (χ1) is 20.5. The highest BCUT2D eigenvalue weighted by Crippen LogP contribution is 2.32. The summed E-state index contributed by atoms with van der Waals surface area (Å²) in [5.74, 6) is -0.180. The predicted molar refractivity (Wildman–Crippen MR) is 156 cm³/mol. The van der Waals surface area contributed by atoms with Gasteiger partial charge in [0.25, 0.3) is 11.8 Å². The fourth-order valence-electron chi connectivity index (χ4n) is 5.70. The Bertz CT molecular complexity index is 1400. The molecule has 3 N–H and O–H groups in total. The Morgan fingerprint density at radius 3 is 2.81 bits per heavy atom. The number of hydrogen-bond acceptors (Lipinski definition) is 7. The number of nitrogens with one attached hydrogen (secondary N) is 3. The maximum Gasteiger partial charge on any atom is 0.270 e. The van der Waals surface area contributed by atoms with Crippen molar-refractivity contribution < 1.29 is 28.6 Å². The van der Waals surface area contributed by atoms with Crippen LogP contribution in [0.25, 0.3) is 10.9 Å². The topological polar surface area (TPSA) is 133 Å². The van der Waals surface area contributed by atoms with Crippen molar-refractivity contribution >= 4 is 28.6 Å². The number of aromatic nitrogens is 2. The summed E-state index contributed by atoms with van der Waals surface area (Å²) >= 11 is 0. The number of carbonyl (C=O) groups excluding carboxylic acids is 3. The molecule has 3 amide bonds. The van der Waals surface area contributed by atoms with E-state index < -0.39 is 5.41 Å². The van der Waals surface area contributed by atoms with Crippen LogP contribution in [0.1, 0.15) is 41.7 Å². The largest absolute Gasteiger partial charge is 0.484 e. The van der Waals surface area contributed by atoms with E-state index in [0.717, 1.165) is 18.4 Å². The van der Waals surface area contributed by atoms with E-state index in [2.05, 4.69) is 21.0 Å². The molecule has 2 aromatic carbocycles. The van der Waals surface area contributed by atoms with Gasteiger partial charge >= 0.3 is 0 Å². The van der Waals surface area contributed by atoms with Crippen LogP contribution in [0.3, 0.4) is 0 Å². The molecule has 224 valence electrons. The number of amides is 3. The van der Waals surface area contributed by atoms with E-state index in [1.807, 2.05) is 42.5 Å². The predicted octanol–water partition coefficient (Wildman–Crippen LogP) is 2.23. The standard InChI is InChI=1S/C31H39N5O6/c1-40-15-5-12-31(30(39)34-23-10-16-41-17-11-23)19-22-6-4-7-24(18-22)42-20-27(37)32-13-14-36-28(29(38)33-21-31)25-8-2-3-9-26(25)35-36/h2-4,6-9,18,23H,5,10-17,19-21H2,1H3,(H,32,37)(H,33,38)(H,34,39). The lowest BCUT2D eigenvalue weighted by Gasteiger charge is -2.35. The van der Waals surface area contributed by atoms with Crippen molar-refractivity contribution in [3.05, 3.63) is 59.8 Å². The minimum Gasteiger partial charge on any atom is -0.484 e. The van der Waals surface area contributed by atoms with Crippen LogP contribution >= 0.6 is 0 Å². The van der Waals surface area contributed by atoms with Crippen LogP contribution in [0, 0.1) is 5.41 Å². The average molecular weight is 578 g/mol. The molecule has 0 spiro atoms. The molecule has 0 radical (unpaired) electrons. The molecule has 1 saturated heterocycles. The van der Waals surface area contributed by atoms with Crippen LogP contribution < -0.4 is 20.7 Å². The van der Waals surface area contributed by atoms with Crippen molar-refractivity contribution in [3.63, 3.8) is 0 Å². The molecule has 11 nitrogen and oxygen atoms in total. The molecule has 11 heteroatoms. The van der Waals surface area contributed by atoms with E-state index in [1.165, 1.54) is 0 Å². The average Bonchev–Trinajstić information content (AvgIpc) is 3.37. The summed E-state index contributed by atoms with van der Waals surface area (Å²) in [7, 11) is 1.64. The van der Waals surface area contributed by atoms with Crippen LogP contribution in [0.15, 0.2) is 48.5 Å². The van der Waals surface area contributed by atoms with E-state index in [9.17, 15) is 14.4 Å². The maximum atomic E-state index is 14.2. The number of ether oxygens (including phenoxy) is 3. The number of nitrogens with zero attached hydrogens (tertiary/aromatic N) is 2. The zero-order valence-electron chi connectivity index (χ0n) is 24.0. The fourth-order valence-corrected chi connectivity index (χ4v) is 5.70. The van der Waals surface area contributed by atoms with Crippen molar-refractivity contribution in [2.24, 2.45) is 5.41 Å². The normalized spacial score (nSPS) is 20.7. The number of rotatable bonds is 6. The lowest BCUT2D eigenvalue weighted by Crippen LogP contribution is -2.53. The molecule has 1 unspecified atom stereocenters. The highest BCUT2D eigenvalue weighted by Gasteiger charge is 2.40. The van der Waals surface area contributed by atoms with Crippen molar-refractivity contribution in [2.75, 3.05) is 46.6 Å². The Morgan fingerprint density at radius 1 is 1.14 bits per heavy atom. The van der Waals surface area contributed by atoms with Crippen LogP contribution in [0.2, 0.25) is 0 Å². The van der Waals surface area contributed by atoms with Gasteiger partial charge in [0.15, 0.2) is 6.61 Å². The van der Waals surface area contributed by atoms with E-state index in [4.69, 9.17) is 14.2 Å². The highest BCUT2D eigenvalue weighted by atomic mass is 16.5. The van der Waals surface area contributed by atoms with Crippen LogP contribution in [0.4, 0.5) is 0 Å². The monoisotopic (exact) mass is 577 g/mol. The zero-order valence-corrected chi connectivity index (χ0v) is 24.0. The summed E-state index contributed by atoms with van der Waals surface area (Å²) in [4.78, 5) is 40.7. The lowest BCUT2D eigenvalue weighted by molar-refractivity contribution is -0.133. The van der Waals surface area contributed by atoms with E-state index in [1.54, 1.807) is 17.9 Å². The summed E-state index contributed by atoms with van der Waals surface area (Å²) in [6, 6.07) is 14.9. The molecule has 0 aliphatic carbocycles. The summed E-state index contributed by atoms with van der Waals surface area (Å²) in [6.07, 6.45) is 2.95. The highest BCUT2D eigenvalue weighted by molar-refractivity contribution is 6.05. The molecular weight excluding hydrogens is 538 g/mol. The minimum atomic E-state index is -0.972. The molecule has 5 rings (SSSR count). The molecule has 2 aliphatic rings. The Kier molecular flexibility index (Phi) is 9.70. The number of carbonyl (C=O) groups is 3. The Morgan fingerprint density at radius 2 is 1.98 bits per heavy atom. The van der Waals surface area contributed by atoms with Gasteiger partial charge in [0.2, 0.25) is 5.91 Å². The molecule has 2 aliphatic heterocycles. The Balaban J connectivity index is 1.53. The number of methoxy groups -OCH3 is 1. The van der Waals surface area contributed by atoms with Crippen LogP contribution in [-0.2, 0) is 32.0 Å². The first-order valence-electron chi connectivity index (χ1n) is 14.6. The van der Waals surface area contributed by atoms with Crippen molar-refractivity contribution in [1.29, 1.82) is 0 Å². The first-order valence-corrected chi connectivity index (χ1v) is 14.6. The zero-order chi connectivity index (χ0) is 29.4. The molecule has 2 bridgehead atoms. The molecular formula is C31H39N5O6. The maximum absolute atomic E-state index is 14.2. The second-order valence-corrected chi connectivity index (χ2v) is 11.0. The third-order valence-electron chi connectivity index (χ3n) is 7.95. The number of benzene rings is 2. The quantitative estimate of drug-likeness (QED) is 0.383. The van der Waals surface area contributed by atoms with Gasteiger partial charge in [-0.1, -0.05) is 30.3 Å². The molecule has 3 aromatic rings. The van der Waals surface area contributed by atoms with E-state index in [-0.39, 0.29) is 43.5 Å². The van der Waals surface area contributed by atoms with Gasteiger partial charge in [0.05, 0.1) is 17.5 Å². The minimum absolute atomic E-state index is 0.000153. The van der Waals surface area contributed by atoms with Gasteiger partial charge in [-0.3, -0.25) is 19.1 Å². The Hall–Kier alpha value is -3.96. The summed E-state index contributed by atoms with van der Waals surface area (Å²) in [5.41, 5.74) is 0.959. The number of fused-ring (bicyclic) bond motifs is 5. The Labute approximate surface area is 245 Å². The second kappa shape index (κ2) is 13.8. The molecule has 0 saturated carbocycles. The lowest BCUT2D eigenvalue weighted by atomic mass is 9.76. The van der Waals surface area contributed by atoms with Crippen LogP contribution in [0.5, 0.6) is 5.75 Å². The summed E-state index contributed by atoms with van der Waals surface area (Å²) < 4.78 is 18.3. The molecule has 1 atom stereocenters. The molecule has 1 fully saturated rings. The molecule has 3 heterocycles. The van der Waals surface area contributed by atoms with Gasteiger partial charge in [0, 0.05) is 51.4 Å². The van der Waals surface area contributed by atoms with Gasteiger partial charge in [-0.25, -0.2) is 0 Å². The smallest absolute Gasteiger partial charge is 0.270 e. The molecule has 1 aromatic heterocycles. The number of hydrogen-bond donors (Lipinski definition) is 3. The SMILES string of the molecule is COCCCC1(C(=O)NC2CCOCC2)CNC(=O)c2c3ccccc3nn2CCNC(=O)COc2cccc(c2)C1. The van der Waals surface area contributed by atoms with Gasteiger partial charge in [-0.15, -0.1) is 0 Å². The van der Waals surface area contributed by atoms with Gasteiger partial charge in [0.1, 0.15) is 11.4 Å². The van der Waals surface area contributed by atoms with Crippen LogP contribution in [-0.4, -0.2) is 80.2 Å². The van der Waals surface area contributed by atoms with Crippen molar-refractivity contribution in [1.82, 2.24) is 25.7 Å². The fraction of sp³-hybridized carbons (Fsp3) is 0.484. The van der Waals surface area contributed by atoms with Gasteiger partial charge in [-0.2, -0.15) is 5.10 Å². The third-order valence-corrected chi connectivity index (χ3v) is 7.95. The summed E-state index contributed by atoms with van der Waals surface area (Å²) in [5, 5.41) is 14.5. The summed E-state index contributed by atoms with van der Waals surface area (Å²) in [6.45, 7) is 2.21. The first kappa shape index (κ1) is 29.5. The van der Waals surface area contributed by atoms with Gasteiger partial charge < -0.3 is 30.2 Å². The van der Waals surface area contributed by atoms with E-state index in [0.29, 0.717) is 68.0 Å².